The summed E-state index contributed by atoms with van der Waals surface area (Å²) >= 11 is 3.35. The van der Waals surface area contributed by atoms with Gasteiger partial charge in [0.25, 0.3) is 5.91 Å². The molecule has 0 bridgehead atoms. The second-order valence-electron chi connectivity index (χ2n) is 5.77. The standard InChI is InChI=1S/C19H30BrN5O2/c1-4-21-19(23-12-11-17(26)25(5-2)6-3)24-14-13-22-18(27)15-7-9-16(20)10-8-15/h7-10H,4-6,11-14H2,1-3H3,(H,22,27)(H2,21,23,24). The molecule has 2 amide bonds. The molecule has 0 aromatic heterocycles. The molecular weight excluding hydrogens is 410 g/mol. The van der Waals surface area contributed by atoms with Gasteiger partial charge in [0.2, 0.25) is 5.91 Å². The van der Waals surface area contributed by atoms with Gasteiger partial charge < -0.3 is 20.9 Å². The Morgan fingerprint density at radius 2 is 1.63 bits per heavy atom. The molecule has 0 saturated heterocycles. The van der Waals surface area contributed by atoms with Crippen molar-refractivity contribution in [3.63, 3.8) is 0 Å². The molecule has 0 radical (unpaired) electrons. The number of carbonyl (C=O) groups is 2. The van der Waals surface area contributed by atoms with Crippen LogP contribution in [0.1, 0.15) is 37.6 Å². The number of benzene rings is 1. The Balaban J connectivity index is 2.38. The van der Waals surface area contributed by atoms with Crippen LogP contribution in [0.3, 0.4) is 0 Å². The number of hydrogen-bond donors (Lipinski definition) is 3. The summed E-state index contributed by atoms with van der Waals surface area (Å²) in [7, 11) is 0. The summed E-state index contributed by atoms with van der Waals surface area (Å²) in [6.07, 6.45) is 0.387. The number of carbonyl (C=O) groups excluding carboxylic acids is 2. The molecule has 150 valence electrons. The average molecular weight is 440 g/mol. The maximum atomic E-state index is 12.1. The SMILES string of the molecule is CCNC(=NCCC(=O)N(CC)CC)NCCNC(=O)c1ccc(Br)cc1. The Bertz CT molecular complexity index is 615. The normalized spacial score (nSPS) is 11.0. The van der Waals surface area contributed by atoms with Crippen LogP contribution in [0.5, 0.6) is 0 Å². The van der Waals surface area contributed by atoms with Crippen LogP contribution in [0.4, 0.5) is 0 Å². The number of aliphatic imine (C=N–C) groups is 1. The van der Waals surface area contributed by atoms with E-state index in [1.165, 1.54) is 0 Å². The zero-order valence-corrected chi connectivity index (χ0v) is 17.9. The third-order valence-corrected chi connectivity index (χ3v) is 4.39. The molecule has 3 N–H and O–H groups in total. The van der Waals surface area contributed by atoms with Crippen LogP contribution >= 0.6 is 15.9 Å². The average Bonchev–Trinajstić information content (AvgIpc) is 2.66. The molecule has 0 aliphatic rings. The largest absolute Gasteiger partial charge is 0.357 e. The molecule has 0 spiro atoms. The lowest BCUT2D eigenvalue weighted by atomic mass is 10.2. The van der Waals surface area contributed by atoms with E-state index in [9.17, 15) is 9.59 Å². The summed E-state index contributed by atoms with van der Waals surface area (Å²) in [5, 5.41) is 9.16. The number of guanidine groups is 1. The van der Waals surface area contributed by atoms with Crippen molar-refractivity contribution in [2.75, 3.05) is 39.3 Å². The molecule has 27 heavy (non-hydrogen) atoms. The lowest BCUT2D eigenvalue weighted by Gasteiger charge is -2.18. The minimum absolute atomic E-state index is 0.112. The van der Waals surface area contributed by atoms with E-state index < -0.39 is 0 Å². The third-order valence-electron chi connectivity index (χ3n) is 3.87. The van der Waals surface area contributed by atoms with Crippen molar-refractivity contribution < 1.29 is 9.59 Å². The molecule has 1 aromatic rings. The maximum absolute atomic E-state index is 12.1. The fourth-order valence-corrected chi connectivity index (χ4v) is 2.66. The van der Waals surface area contributed by atoms with Gasteiger partial charge in [-0.1, -0.05) is 15.9 Å². The summed E-state index contributed by atoms with van der Waals surface area (Å²) < 4.78 is 0.937. The molecule has 8 heteroatoms. The van der Waals surface area contributed by atoms with Crippen LogP contribution in [0.2, 0.25) is 0 Å². The van der Waals surface area contributed by atoms with Crippen LogP contribution < -0.4 is 16.0 Å². The van der Waals surface area contributed by atoms with Crippen molar-refractivity contribution >= 4 is 33.7 Å². The maximum Gasteiger partial charge on any atom is 0.251 e. The minimum atomic E-state index is -0.115. The Morgan fingerprint density at radius 1 is 1.00 bits per heavy atom. The monoisotopic (exact) mass is 439 g/mol. The smallest absolute Gasteiger partial charge is 0.251 e. The van der Waals surface area contributed by atoms with Gasteiger partial charge in [-0.15, -0.1) is 0 Å². The third kappa shape index (κ3) is 8.90. The van der Waals surface area contributed by atoms with Gasteiger partial charge in [0.1, 0.15) is 0 Å². The van der Waals surface area contributed by atoms with E-state index >= 15 is 0 Å². The van der Waals surface area contributed by atoms with Gasteiger partial charge in [0.15, 0.2) is 5.96 Å². The Labute approximate surface area is 170 Å². The molecular formula is C19H30BrN5O2. The second kappa shape index (κ2) is 13.1. The van der Waals surface area contributed by atoms with E-state index in [4.69, 9.17) is 0 Å². The summed E-state index contributed by atoms with van der Waals surface area (Å²) in [5.41, 5.74) is 0.619. The zero-order valence-electron chi connectivity index (χ0n) is 16.3. The fraction of sp³-hybridized carbons (Fsp3) is 0.526. The van der Waals surface area contributed by atoms with Crippen LogP contribution in [0.15, 0.2) is 33.7 Å². The van der Waals surface area contributed by atoms with Crippen LogP contribution in [-0.2, 0) is 4.79 Å². The van der Waals surface area contributed by atoms with Crippen LogP contribution in [0.25, 0.3) is 0 Å². The first-order valence-electron chi connectivity index (χ1n) is 9.35. The highest BCUT2D eigenvalue weighted by Gasteiger charge is 2.08. The number of nitrogens with one attached hydrogen (secondary N) is 3. The molecule has 0 saturated carbocycles. The number of nitrogens with zero attached hydrogens (tertiary/aromatic N) is 2. The minimum Gasteiger partial charge on any atom is -0.357 e. The molecule has 0 aliphatic heterocycles. The summed E-state index contributed by atoms with van der Waals surface area (Å²) in [5.74, 6) is 0.639. The van der Waals surface area contributed by atoms with E-state index in [-0.39, 0.29) is 11.8 Å². The molecule has 1 aromatic carbocycles. The van der Waals surface area contributed by atoms with Crippen molar-refractivity contribution in [1.82, 2.24) is 20.9 Å². The molecule has 7 nitrogen and oxygen atoms in total. The predicted octanol–water partition coefficient (Wildman–Crippen LogP) is 1.99. The van der Waals surface area contributed by atoms with Gasteiger partial charge in [-0.3, -0.25) is 14.6 Å². The quantitative estimate of drug-likeness (QED) is 0.295. The Kier molecular flexibility index (Phi) is 11.2. The van der Waals surface area contributed by atoms with Crippen LogP contribution in [-0.4, -0.2) is 61.9 Å². The van der Waals surface area contributed by atoms with E-state index in [1.807, 2.05) is 32.9 Å². The Morgan fingerprint density at radius 3 is 2.22 bits per heavy atom. The fourth-order valence-electron chi connectivity index (χ4n) is 2.40. The molecule has 0 aliphatic carbocycles. The van der Waals surface area contributed by atoms with Crippen LogP contribution in [0, 0.1) is 0 Å². The van der Waals surface area contributed by atoms with Crippen molar-refractivity contribution in [2.24, 2.45) is 4.99 Å². The van der Waals surface area contributed by atoms with Crippen molar-refractivity contribution in [1.29, 1.82) is 0 Å². The highest BCUT2D eigenvalue weighted by atomic mass is 79.9. The van der Waals surface area contributed by atoms with Gasteiger partial charge in [0.05, 0.1) is 6.54 Å². The topological polar surface area (TPSA) is 85.8 Å². The van der Waals surface area contributed by atoms with E-state index in [1.54, 1.807) is 17.0 Å². The van der Waals surface area contributed by atoms with Gasteiger partial charge >= 0.3 is 0 Å². The first-order chi connectivity index (χ1) is 13.0. The predicted molar refractivity (Wildman–Crippen MR) is 113 cm³/mol. The van der Waals surface area contributed by atoms with E-state index in [0.29, 0.717) is 37.6 Å². The molecule has 0 fully saturated rings. The number of rotatable bonds is 10. The van der Waals surface area contributed by atoms with Gasteiger partial charge in [-0.05, 0) is 45.0 Å². The first kappa shape index (κ1) is 23.0. The first-order valence-corrected chi connectivity index (χ1v) is 10.1. The summed E-state index contributed by atoms with van der Waals surface area (Å²) in [6.45, 7) is 9.52. The van der Waals surface area contributed by atoms with E-state index in [2.05, 4.69) is 36.9 Å². The van der Waals surface area contributed by atoms with Crippen molar-refractivity contribution in [2.45, 2.75) is 27.2 Å². The van der Waals surface area contributed by atoms with Crippen molar-refractivity contribution in [3.8, 4) is 0 Å². The Hall–Kier alpha value is -2.09. The molecule has 0 heterocycles. The summed E-state index contributed by atoms with van der Waals surface area (Å²) in [6, 6.07) is 7.21. The molecule has 1 rings (SSSR count). The highest BCUT2D eigenvalue weighted by molar-refractivity contribution is 9.10. The van der Waals surface area contributed by atoms with E-state index in [0.717, 1.165) is 24.1 Å². The van der Waals surface area contributed by atoms with Gasteiger partial charge in [-0.2, -0.15) is 0 Å². The highest BCUT2D eigenvalue weighted by Crippen LogP contribution is 2.10. The molecule has 0 unspecified atom stereocenters. The van der Waals surface area contributed by atoms with Crippen molar-refractivity contribution in [3.05, 3.63) is 34.3 Å². The number of hydrogen-bond acceptors (Lipinski definition) is 3. The lowest BCUT2D eigenvalue weighted by Crippen LogP contribution is -2.41. The summed E-state index contributed by atoms with van der Waals surface area (Å²) in [4.78, 5) is 30.3. The van der Waals surface area contributed by atoms with Gasteiger partial charge in [0, 0.05) is 49.2 Å². The zero-order chi connectivity index (χ0) is 20.1. The number of amides is 2. The lowest BCUT2D eigenvalue weighted by molar-refractivity contribution is -0.130. The molecule has 0 atom stereocenters. The van der Waals surface area contributed by atoms with Gasteiger partial charge in [-0.25, -0.2) is 0 Å². The second-order valence-corrected chi connectivity index (χ2v) is 6.68. The number of halogens is 1.